The van der Waals surface area contributed by atoms with Gasteiger partial charge in [0.1, 0.15) is 21.7 Å². The summed E-state index contributed by atoms with van der Waals surface area (Å²) in [4.78, 5) is 16.8. The number of nitrogens with one attached hydrogen (secondary N) is 1. The molecule has 146 valence electrons. The fourth-order valence-corrected chi connectivity index (χ4v) is 4.22. The van der Waals surface area contributed by atoms with Gasteiger partial charge in [-0.25, -0.2) is 9.37 Å². The van der Waals surface area contributed by atoms with Crippen LogP contribution in [0.4, 0.5) is 10.1 Å². The summed E-state index contributed by atoms with van der Waals surface area (Å²) in [5.74, 6) is 1.45. The summed E-state index contributed by atoms with van der Waals surface area (Å²) in [6.45, 7) is 0. The lowest BCUT2D eigenvalue weighted by atomic mass is 10.2. The molecule has 0 fully saturated rings. The Bertz CT molecular complexity index is 945. The highest BCUT2D eigenvalue weighted by Gasteiger charge is 2.12. The molecule has 1 N–H and O–H groups in total. The van der Waals surface area contributed by atoms with Gasteiger partial charge in [0, 0.05) is 17.2 Å². The average Bonchev–Trinajstić information content (AvgIpc) is 3.15. The van der Waals surface area contributed by atoms with E-state index in [4.69, 9.17) is 9.47 Å². The molecule has 2 aromatic carbocycles. The van der Waals surface area contributed by atoms with Gasteiger partial charge in [0.05, 0.1) is 32.0 Å². The molecular weight excluding hydrogens is 399 g/mol. The smallest absolute Gasteiger partial charge is 0.230 e. The molecule has 8 heteroatoms. The molecule has 1 heterocycles. The Balaban J connectivity index is 1.56. The fourth-order valence-electron chi connectivity index (χ4n) is 2.42. The molecular formula is C20H19FN2O3S2. The van der Waals surface area contributed by atoms with Crippen molar-refractivity contribution in [3.8, 4) is 11.5 Å². The molecule has 0 atom stereocenters. The molecule has 0 radical (unpaired) electrons. The summed E-state index contributed by atoms with van der Waals surface area (Å²) in [6, 6.07) is 11.6. The van der Waals surface area contributed by atoms with Gasteiger partial charge in [-0.3, -0.25) is 4.79 Å². The van der Waals surface area contributed by atoms with Gasteiger partial charge < -0.3 is 14.8 Å². The number of thiazole rings is 1. The van der Waals surface area contributed by atoms with E-state index in [0.717, 1.165) is 9.90 Å². The quantitative estimate of drug-likeness (QED) is 0.534. The van der Waals surface area contributed by atoms with Crippen LogP contribution in [0.25, 0.3) is 0 Å². The minimum Gasteiger partial charge on any atom is -0.497 e. The van der Waals surface area contributed by atoms with Crippen molar-refractivity contribution >= 4 is 34.7 Å². The lowest BCUT2D eigenvalue weighted by molar-refractivity contribution is -0.115. The Morgan fingerprint density at radius 3 is 2.68 bits per heavy atom. The number of carbonyl (C=O) groups excluding carboxylic acids is 1. The molecule has 28 heavy (non-hydrogen) atoms. The summed E-state index contributed by atoms with van der Waals surface area (Å²) in [7, 11) is 3.11. The zero-order valence-corrected chi connectivity index (χ0v) is 17.0. The number of halogens is 1. The van der Waals surface area contributed by atoms with Crippen molar-refractivity contribution in [2.24, 2.45) is 0 Å². The first-order valence-electron chi connectivity index (χ1n) is 8.41. The van der Waals surface area contributed by atoms with Gasteiger partial charge in [-0.1, -0.05) is 23.9 Å². The number of aromatic nitrogens is 1. The van der Waals surface area contributed by atoms with E-state index in [2.05, 4.69) is 10.3 Å². The van der Waals surface area contributed by atoms with Crippen molar-refractivity contribution in [2.45, 2.75) is 16.5 Å². The van der Waals surface area contributed by atoms with E-state index in [1.165, 1.54) is 30.6 Å². The number of amides is 1. The Labute approximate surface area is 170 Å². The van der Waals surface area contributed by atoms with Crippen LogP contribution in [0.3, 0.4) is 0 Å². The van der Waals surface area contributed by atoms with E-state index >= 15 is 0 Å². The molecule has 0 aliphatic heterocycles. The van der Waals surface area contributed by atoms with E-state index in [0.29, 0.717) is 28.6 Å². The summed E-state index contributed by atoms with van der Waals surface area (Å²) >= 11 is 3.05. The van der Waals surface area contributed by atoms with Crippen LogP contribution in [0.5, 0.6) is 11.5 Å². The first-order valence-corrected chi connectivity index (χ1v) is 10.3. The zero-order chi connectivity index (χ0) is 19.9. The molecule has 3 rings (SSSR count). The minimum absolute atomic E-state index is 0.169. The van der Waals surface area contributed by atoms with E-state index < -0.39 is 0 Å². The van der Waals surface area contributed by atoms with Crippen molar-refractivity contribution in [3.05, 3.63) is 64.9 Å². The molecule has 0 saturated carbocycles. The molecule has 0 spiro atoms. The molecule has 5 nitrogen and oxygen atoms in total. The number of benzene rings is 2. The standard InChI is InChI=1S/C20H19FN2O3S2/c1-25-16-7-8-17(18(10-16)26-2)23-19(24)9-15-12-28-20(22-15)27-11-13-3-5-14(21)6-4-13/h3-8,10,12H,9,11H2,1-2H3,(H,23,24). The van der Waals surface area contributed by atoms with Gasteiger partial charge in [0.25, 0.3) is 0 Å². The van der Waals surface area contributed by atoms with Gasteiger partial charge in [-0.05, 0) is 29.8 Å². The normalized spacial score (nSPS) is 10.5. The molecule has 0 aliphatic carbocycles. The second-order valence-corrected chi connectivity index (χ2v) is 7.89. The Hall–Kier alpha value is -2.58. The van der Waals surface area contributed by atoms with Crippen LogP contribution in [-0.4, -0.2) is 25.1 Å². The zero-order valence-electron chi connectivity index (χ0n) is 15.4. The highest BCUT2D eigenvalue weighted by molar-refractivity contribution is 8.00. The number of hydrogen-bond acceptors (Lipinski definition) is 6. The molecule has 0 bridgehead atoms. The monoisotopic (exact) mass is 418 g/mol. The Kier molecular flexibility index (Phi) is 6.89. The third kappa shape index (κ3) is 5.46. The Morgan fingerprint density at radius 2 is 1.96 bits per heavy atom. The maximum Gasteiger partial charge on any atom is 0.230 e. The van der Waals surface area contributed by atoms with Gasteiger partial charge in [0.2, 0.25) is 5.91 Å². The van der Waals surface area contributed by atoms with Crippen LogP contribution in [0, 0.1) is 5.82 Å². The topological polar surface area (TPSA) is 60.5 Å². The molecule has 3 aromatic rings. The molecule has 1 aromatic heterocycles. The first-order chi connectivity index (χ1) is 13.6. The van der Waals surface area contributed by atoms with Crippen LogP contribution in [0.15, 0.2) is 52.2 Å². The number of carbonyl (C=O) groups is 1. The largest absolute Gasteiger partial charge is 0.497 e. The number of methoxy groups -OCH3 is 2. The minimum atomic E-state index is -0.246. The second kappa shape index (κ2) is 9.57. The SMILES string of the molecule is COc1ccc(NC(=O)Cc2csc(SCc3ccc(F)cc3)n2)c(OC)c1. The number of nitrogens with zero attached hydrogens (tertiary/aromatic N) is 1. The van der Waals surface area contributed by atoms with Crippen molar-refractivity contribution in [1.82, 2.24) is 4.98 Å². The Morgan fingerprint density at radius 1 is 1.18 bits per heavy atom. The van der Waals surface area contributed by atoms with Crippen molar-refractivity contribution in [2.75, 3.05) is 19.5 Å². The van der Waals surface area contributed by atoms with E-state index in [1.807, 2.05) is 5.38 Å². The molecule has 0 unspecified atom stereocenters. The highest BCUT2D eigenvalue weighted by Crippen LogP contribution is 2.30. The maximum atomic E-state index is 12.9. The number of rotatable bonds is 8. The van der Waals surface area contributed by atoms with E-state index in [9.17, 15) is 9.18 Å². The van der Waals surface area contributed by atoms with Gasteiger partial charge in [-0.15, -0.1) is 11.3 Å². The van der Waals surface area contributed by atoms with Gasteiger partial charge in [-0.2, -0.15) is 0 Å². The van der Waals surface area contributed by atoms with Crippen LogP contribution >= 0.6 is 23.1 Å². The second-order valence-electron chi connectivity index (χ2n) is 5.81. The number of thioether (sulfide) groups is 1. The average molecular weight is 419 g/mol. The third-order valence-corrected chi connectivity index (χ3v) is 5.97. The van der Waals surface area contributed by atoms with Crippen LogP contribution < -0.4 is 14.8 Å². The molecule has 0 aliphatic rings. The first kappa shape index (κ1) is 20.2. The van der Waals surface area contributed by atoms with Crippen LogP contribution in [0.2, 0.25) is 0 Å². The number of anilines is 1. The number of ether oxygens (including phenoxy) is 2. The predicted octanol–water partition coefficient (Wildman–Crippen LogP) is 4.77. The molecule has 1 amide bonds. The van der Waals surface area contributed by atoms with Gasteiger partial charge in [0.15, 0.2) is 0 Å². The lowest BCUT2D eigenvalue weighted by Crippen LogP contribution is -2.15. The molecule has 0 saturated heterocycles. The van der Waals surface area contributed by atoms with Crippen LogP contribution in [-0.2, 0) is 17.0 Å². The van der Waals surface area contributed by atoms with Crippen LogP contribution in [0.1, 0.15) is 11.3 Å². The lowest BCUT2D eigenvalue weighted by Gasteiger charge is -2.11. The summed E-state index contributed by atoms with van der Waals surface area (Å²) < 4.78 is 24.3. The van der Waals surface area contributed by atoms with Crippen molar-refractivity contribution < 1.29 is 18.7 Å². The van der Waals surface area contributed by atoms with Crippen molar-refractivity contribution in [3.63, 3.8) is 0 Å². The predicted molar refractivity (Wildman–Crippen MR) is 110 cm³/mol. The summed E-state index contributed by atoms with van der Waals surface area (Å²) in [5.41, 5.74) is 2.30. The van der Waals surface area contributed by atoms with Crippen molar-refractivity contribution in [1.29, 1.82) is 0 Å². The fraction of sp³-hybridized carbons (Fsp3) is 0.200. The van der Waals surface area contributed by atoms with E-state index in [-0.39, 0.29) is 18.1 Å². The summed E-state index contributed by atoms with van der Waals surface area (Å²) in [6.07, 6.45) is 0.169. The number of hydrogen-bond donors (Lipinski definition) is 1. The van der Waals surface area contributed by atoms with E-state index in [1.54, 1.807) is 49.2 Å². The highest BCUT2D eigenvalue weighted by atomic mass is 32.2. The maximum absolute atomic E-state index is 12.9. The summed E-state index contributed by atoms with van der Waals surface area (Å²) in [5, 5.41) is 4.71. The third-order valence-electron chi connectivity index (χ3n) is 3.83. The van der Waals surface area contributed by atoms with Gasteiger partial charge >= 0.3 is 0 Å².